The Morgan fingerprint density at radius 2 is 2.10 bits per heavy atom. The van der Waals surface area contributed by atoms with Crippen molar-refractivity contribution in [1.82, 2.24) is 15.6 Å². The second-order valence-electron chi connectivity index (χ2n) is 2.21. The molecule has 0 bridgehead atoms. The fourth-order valence-electron chi connectivity index (χ4n) is 0.499. The quantitative estimate of drug-likeness (QED) is 0.431. The van der Waals surface area contributed by atoms with Crippen LogP contribution in [0.15, 0.2) is 0 Å². The summed E-state index contributed by atoms with van der Waals surface area (Å²) in [6, 6.07) is 0. The van der Waals surface area contributed by atoms with Crippen molar-refractivity contribution in [2.24, 2.45) is 0 Å². The molecule has 1 amide bonds. The molecular formula is C6H15N3O. The zero-order valence-electron chi connectivity index (χ0n) is 6.79. The third-order valence-electron chi connectivity index (χ3n) is 1.05. The minimum atomic E-state index is 0.746. The predicted molar refractivity (Wildman–Crippen MR) is 39.9 cm³/mol. The summed E-state index contributed by atoms with van der Waals surface area (Å²) in [5.74, 6) is 0. The minimum absolute atomic E-state index is 0.746. The summed E-state index contributed by atoms with van der Waals surface area (Å²) in [5.41, 5.74) is 2.91. The lowest BCUT2D eigenvalue weighted by Crippen LogP contribution is -2.46. The van der Waals surface area contributed by atoms with E-state index in [0.717, 1.165) is 19.4 Å². The second-order valence-corrected chi connectivity index (χ2v) is 2.21. The van der Waals surface area contributed by atoms with Crippen LogP contribution in [0.25, 0.3) is 0 Å². The lowest BCUT2D eigenvalue weighted by Gasteiger charge is -2.24. The molecule has 0 aromatic rings. The number of nitrogens with one attached hydrogen (secondary N) is 1. The van der Waals surface area contributed by atoms with Crippen molar-refractivity contribution in [2.45, 2.75) is 13.3 Å². The van der Waals surface area contributed by atoms with E-state index in [4.69, 9.17) is 0 Å². The van der Waals surface area contributed by atoms with Crippen LogP contribution in [0.4, 0.5) is 0 Å². The highest BCUT2D eigenvalue weighted by atomic mass is 16.2. The molecule has 60 valence electrons. The molecule has 0 aliphatic heterocycles. The van der Waals surface area contributed by atoms with Gasteiger partial charge in [-0.1, -0.05) is 6.92 Å². The van der Waals surface area contributed by atoms with Crippen LogP contribution in [0.2, 0.25) is 0 Å². The first-order valence-electron chi connectivity index (χ1n) is 3.37. The fraction of sp³-hybridized carbons (Fsp3) is 0.833. The first kappa shape index (κ1) is 9.39. The van der Waals surface area contributed by atoms with E-state index in [0.29, 0.717) is 0 Å². The molecule has 0 radical (unpaired) electrons. The first-order valence-corrected chi connectivity index (χ1v) is 3.37. The predicted octanol–water partition coefficient (Wildman–Crippen LogP) is -0.164. The number of hydrogen-bond acceptors (Lipinski definition) is 3. The van der Waals surface area contributed by atoms with E-state index in [9.17, 15) is 4.79 Å². The average molecular weight is 145 g/mol. The summed E-state index contributed by atoms with van der Waals surface area (Å²) in [5, 5.41) is 3.09. The summed E-state index contributed by atoms with van der Waals surface area (Å²) in [6.45, 7) is 2.86. The summed E-state index contributed by atoms with van der Waals surface area (Å²) in [4.78, 5) is 10.3. The van der Waals surface area contributed by atoms with Gasteiger partial charge in [0.25, 0.3) is 0 Å². The van der Waals surface area contributed by atoms with Crippen molar-refractivity contribution in [3.63, 3.8) is 0 Å². The molecule has 10 heavy (non-hydrogen) atoms. The van der Waals surface area contributed by atoms with Gasteiger partial charge in [0.2, 0.25) is 6.41 Å². The van der Waals surface area contributed by atoms with Gasteiger partial charge in [-0.2, -0.15) is 0 Å². The summed E-state index contributed by atoms with van der Waals surface area (Å²) < 4.78 is 0. The molecule has 0 spiro atoms. The summed E-state index contributed by atoms with van der Waals surface area (Å²) in [6.07, 6.45) is 1.76. The molecule has 0 rings (SSSR count). The zero-order chi connectivity index (χ0) is 7.98. The molecule has 1 N–H and O–H groups in total. The Morgan fingerprint density at radius 3 is 2.40 bits per heavy atom. The number of amides is 1. The van der Waals surface area contributed by atoms with E-state index in [1.165, 1.54) is 5.12 Å². The number of rotatable bonds is 5. The minimum Gasteiger partial charge on any atom is -0.276 e. The Hall–Kier alpha value is -0.610. The van der Waals surface area contributed by atoms with E-state index in [-0.39, 0.29) is 0 Å². The maximum absolute atomic E-state index is 10.3. The number of hydrogen-bond donors (Lipinski definition) is 1. The lowest BCUT2D eigenvalue weighted by molar-refractivity contribution is -0.136. The number of nitrogens with zero attached hydrogens (tertiary/aromatic N) is 2. The number of carbonyl (C=O) groups is 1. The van der Waals surface area contributed by atoms with Gasteiger partial charge in [-0.3, -0.25) is 4.79 Å². The van der Waals surface area contributed by atoms with Crippen molar-refractivity contribution in [3.8, 4) is 0 Å². The van der Waals surface area contributed by atoms with Crippen molar-refractivity contribution in [2.75, 3.05) is 20.6 Å². The largest absolute Gasteiger partial charge is 0.276 e. The van der Waals surface area contributed by atoms with Gasteiger partial charge < -0.3 is 0 Å². The van der Waals surface area contributed by atoms with Gasteiger partial charge >= 0.3 is 0 Å². The van der Waals surface area contributed by atoms with Gasteiger partial charge in [0.15, 0.2) is 0 Å². The Balaban J connectivity index is 3.50. The smallest absolute Gasteiger partial charge is 0.238 e. The lowest BCUT2D eigenvalue weighted by atomic mass is 10.5. The first-order chi connectivity index (χ1) is 4.72. The third-order valence-corrected chi connectivity index (χ3v) is 1.05. The molecular weight excluding hydrogens is 130 g/mol. The molecule has 0 fully saturated rings. The maximum atomic E-state index is 10.3. The van der Waals surface area contributed by atoms with Gasteiger partial charge in [0.05, 0.1) is 0 Å². The van der Waals surface area contributed by atoms with E-state index >= 15 is 0 Å². The van der Waals surface area contributed by atoms with E-state index in [1.54, 1.807) is 19.1 Å². The molecule has 0 aromatic carbocycles. The number of carbonyl (C=O) groups excluding carboxylic acids is 1. The van der Waals surface area contributed by atoms with Crippen LogP contribution in [-0.4, -0.2) is 37.2 Å². The van der Waals surface area contributed by atoms with Crippen molar-refractivity contribution >= 4 is 6.41 Å². The molecule has 4 heteroatoms. The Kier molecular flexibility index (Phi) is 4.88. The van der Waals surface area contributed by atoms with Gasteiger partial charge in [-0.25, -0.2) is 15.6 Å². The highest BCUT2D eigenvalue weighted by Gasteiger charge is 1.99. The molecule has 0 saturated carbocycles. The number of hydrazine groups is 2. The monoisotopic (exact) mass is 145 g/mol. The molecule has 4 nitrogen and oxygen atoms in total. The normalized spacial score (nSPS) is 10.0. The summed E-state index contributed by atoms with van der Waals surface area (Å²) in [7, 11) is 3.61. The standard InChI is InChI=1S/C6H15N3O/c1-4-5-7-9(6-10)8(2)3/h6-7H,4-5H2,1-3H3. The Labute approximate surface area is 61.7 Å². The topological polar surface area (TPSA) is 35.6 Å². The van der Waals surface area contributed by atoms with Crippen LogP contribution in [0.1, 0.15) is 13.3 Å². The summed E-state index contributed by atoms with van der Waals surface area (Å²) >= 11 is 0. The van der Waals surface area contributed by atoms with Gasteiger partial charge in [-0.05, 0) is 6.42 Å². The highest BCUT2D eigenvalue weighted by Crippen LogP contribution is 1.80. The molecule has 0 aromatic heterocycles. The molecule has 0 heterocycles. The van der Waals surface area contributed by atoms with Crippen LogP contribution >= 0.6 is 0 Å². The van der Waals surface area contributed by atoms with Crippen molar-refractivity contribution in [1.29, 1.82) is 0 Å². The molecule has 0 unspecified atom stereocenters. The molecule has 0 aliphatic carbocycles. The third kappa shape index (κ3) is 3.42. The van der Waals surface area contributed by atoms with Crippen LogP contribution in [0.5, 0.6) is 0 Å². The van der Waals surface area contributed by atoms with Crippen molar-refractivity contribution < 1.29 is 4.79 Å². The van der Waals surface area contributed by atoms with Crippen LogP contribution in [0.3, 0.4) is 0 Å². The maximum Gasteiger partial charge on any atom is 0.238 e. The SMILES string of the molecule is CCCNN(C=O)N(C)C. The van der Waals surface area contributed by atoms with Crippen LogP contribution in [0, 0.1) is 0 Å². The fourth-order valence-corrected chi connectivity index (χ4v) is 0.499. The van der Waals surface area contributed by atoms with E-state index < -0.39 is 0 Å². The van der Waals surface area contributed by atoms with Gasteiger partial charge in [0, 0.05) is 20.6 Å². The Morgan fingerprint density at radius 1 is 1.50 bits per heavy atom. The highest BCUT2D eigenvalue weighted by molar-refractivity contribution is 5.44. The zero-order valence-corrected chi connectivity index (χ0v) is 6.79. The van der Waals surface area contributed by atoms with E-state index in [1.807, 2.05) is 6.92 Å². The Bertz CT molecular complexity index is 95.0. The van der Waals surface area contributed by atoms with Crippen LogP contribution < -0.4 is 5.43 Å². The molecule has 0 atom stereocenters. The average Bonchev–Trinajstić information content (AvgIpc) is 1.89. The van der Waals surface area contributed by atoms with Gasteiger partial charge in [0.1, 0.15) is 0 Å². The van der Waals surface area contributed by atoms with Crippen LogP contribution in [-0.2, 0) is 4.79 Å². The van der Waals surface area contributed by atoms with Gasteiger partial charge in [-0.15, -0.1) is 0 Å². The molecule has 0 saturated heterocycles. The molecule has 0 aliphatic rings. The van der Waals surface area contributed by atoms with Crippen molar-refractivity contribution in [3.05, 3.63) is 0 Å². The second kappa shape index (κ2) is 5.20. The van der Waals surface area contributed by atoms with E-state index in [2.05, 4.69) is 5.43 Å².